The number of nitrogens with zero attached hydrogens (tertiary/aromatic N) is 6. The Morgan fingerprint density at radius 2 is 1.42 bits per heavy atom. The lowest BCUT2D eigenvalue weighted by Crippen LogP contribution is -2.57. The van der Waals surface area contributed by atoms with Gasteiger partial charge in [0.05, 0.1) is 41.0 Å². The quantitative estimate of drug-likeness (QED) is 0.153. The first-order valence-corrected chi connectivity index (χ1v) is 28.0. The van der Waals surface area contributed by atoms with Gasteiger partial charge in [0.25, 0.3) is 17.4 Å². The second kappa shape index (κ2) is 22.9. The largest absolute Gasteiger partial charge is 0.374 e. The third-order valence-electron chi connectivity index (χ3n) is 17.4. The van der Waals surface area contributed by atoms with Gasteiger partial charge in [-0.05, 0) is 92.7 Å². The minimum Gasteiger partial charge on any atom is -0.374 e. The molecule has 5 heterocycles. The van der Waals surface area contributed by atoms with Crippen molar-refractivity contribution < 1.29 is 37.5 Å². The van der Waals surface area contributed by atoms with E-state index in [2.05, 4.69) is 20.4 Å². The molecule has 4 saturated heterocycles. The third kappa shape index (κ3) is 11.6. The highest BCUT2D eigenvalue weighted by molar-refractivity contribution is 5.98. The van der Waals surface area contributed by atoms with Crippen molar-refractivity contribution in [1.82, 2.24) is 40.0 Å². The van der Waals surface area contributed by atoms with Crippen LogP contribution in [0, 0.1) is 34.8 Å². The number of aromatic amines is 1. The number of hydrogen-bond acceptors (Lipinski definition) is 9. The summed E-state index contributed by atoms with van der Waals surface area (Å²) in [5.41, 5.74) is 0.798. The van der Waals surface area contributed by atoms with E-state index in [-0.39, 0.29) is 89.9 Å². The predicted molar refractivity (Wildman–Crippen MR) is 283 cm³/mol. The summed E-state index contributed by atoms with van der Waals surface area (Å²) in [7, 11) is 0. The van der Waals surface area contributed by atoms with E-state index in [0.717, 1.165) is 70.6 Å². The minimum absolute atomic E-state index is 0.00181. The first kappa shape index (κ1) is 53.3. The average Bonchev–Trinajstić information content (AvgIpc) is 3.66. The standard InChI is InChI=1S/C59H74F2N8O7/c1-59(2,3)58(75)68-24-10-13-39(33-68)43-16-9-17-46(51(43)61)54(71)62-52(38-11-5-4-6-12-38)57(74)69-34-40-19-20-41(35-69)53(40)76-42-22-25-65(26-23-42)36-50(70)66-27-29-67(30-28-66)56(73)47-31-37(18-21-48(47)60)32-49-44-14-7-8-15-45(44)55(72)64-63-49/h7-9,14-18,21,31,38-42,52-53H,4-6,10-13,19-20,22-30,32-36H2,1-3H3,(H,62,71)(H,64,72)/t39-,40+,41?,52-,53?/m1/s1. The fourth-order valence-electron chi connectivity index (χ4n) is 13.2. The number of amides is 5. The zero-order valence-corrected chi connectivity index (χ0v) is 44.4. The summed E-state index contributed by atoms with van der Waals surface area (Å²) in [6.07, 6.45) is 10.0. The summed E-state index contributed by atoms with van der Waals surface area (Å²) in [6, 6.07) is 15.8. The number of fused-ring (bicyclic) bond motifs is 3. The molecule has 2 N–H and O–H groups in total. The van der Waals surface area contributed by atoms with Crippen LogP contribution in [0.25, 0.3) is 10.8 Å². The van der Waals surface area contributed by atoms with E-state index in [1.165, 1.54) is 12.1 Å². The molecule has 6 aliphatic rings. The zero-order valence-electron chi connectivity index (χ0n) is 44.4. The maximum absolute atomic E-state index is 16.5. The Kier molecular flexibility index (Phi) is 16.0. The lowest BCUT2D eigenvalue weighted by Gasteiger charge is -2.43. The average molecular weight is 1050 g/mol. The molecule has 3 aromatic carbocycles. The number of aromatic nitrogens is 2. The smallest absolute Gasteiger partial charge is 0.272 e. The van der Waals surface area contributed by atoms with E-state index in [1.807, 2.05) is 42.7 Å². The molecule has 0 spiro atoms. The number of carbonyl (C=O) groups is 5. The van der Waals surface area contributed by atoms with E-state index >= 15 is 8.78 Å². The van der Waals surface area contributed by atoms with Crippen molar-refractivity contribution in [2.75, 3.05) is 72.0 Å². The number of rotatable bonds is 12. The van der Waals surface area contributed by atoms with Crippen LogP contribution in [0.3, 0.4) is 0 Å². The summed E-state index contributed by atoms with van der Waals surface area (Å²) in [4.78, 5) is 90.8. The molecule has 406 valence electrons. The van der Waals surface area contributed by atoms with Gasteiger partial charge >= 0.3 is 0 Å². The Bertz CT molecular complexity index is 2850. The van der Waals surface area contributed by atoms with Crippen molar-refractivity contribution in [3.05, 3.63) is 111 Å². The number of benzene rings is 3. The van der Waals surface area contributed by atoms with Crippen LogP contribution < -0.4 is 10.9 Å². The second-order valence-electron chi connectivity index (χ2n) is 23.5. The lowest BCUT2D eigenvalue weighted by molar-refractivity contribution is -0.145. The zero-order chi connectivity index (χ0) is 53.3. The number of nitrogens with one attached hydrogen (secondary N) is 2. The summed E-state index contributed by atoms with van der Waals surface area (Å²) in [5, 5.41) is 11.0. The van der Waals surface area contributed by atoms with E-state index in [9.17, 15) is 28.8 Å². The van der Waals surface area contributed by atoms with Crippen molar-refractivity contribution in [2.45, 2.75) is 122 Å². The van der Waals surface area contributed by atoms with Gasteiger partial charge in [-0.2, -0.15) is 5.10 Å². The number of halogens is 2. The summed E-state index contributed by atoms with van der Waals surface area (Å²) < 4.78 is 38.5. The van der Waals surface area contributed by atoms with Crippen LogP contribution in [-0.4, -0.2) is 154 Å². The topological polar surface area (TPSA) is 169 Å². The van der Waals surface area contributed by atoms with Gasteiger partial charge in [0.1, 0.15) is 17.7 Å². The number of hydrogen-bond donors (Lipinski definition) is 2. The van der Waals surface area contributed by atoms with E-state index < -0.39 is 34.9 Å². The Morgan fingerprint density at radius 1 is 0.724 bits per heavy atom. The normalized spacial score (nSPS) is 23.4. The molecule has 76 heavy (non-hydrogen) atoms. The van der Waals surface area contributed by atoms with Gasteiger partial charge in [-0.15, -0.1) is 0 Å². The monoisotopic (exact) mass is 1040 g/mol. The molecular formula is C59H74F2N8O7. The van der Waals surface area contributed by atoms with E-state index in [4.69, 9.17) is 4.74 Å². The van der Waals surface area contributed by atoms with Crippen LogP contribution in [0.1, 0.15) is 135 Å². The van der Waals surface area contributed by atoms with Crippen molar-refractivity contribution in [1.29, 1.82) is 0 Å². The van der Waals surface area contributed by atoms with Gasteiger partial charge in [0.2, 0.25) is 17.7 Å². The molecule has 5 atom stereocenters. The number of ether oxygens (including phenoxy) is 1. The highest BCUT2D eigenvalue weighted by Crippen LogP contribution is 2.41. The summed E-state index contributed by atoms with van der Waals surface area (Å²) in [5.74, 6) is -2.17. The molecule has 0 radical (unpaired) electrons. The molecule has 1 aromatic heterocycles. The van der Waals surface area contributed by atoms with Gasteiger partial charge in [-0.1, -0.05) is 76.4 Å². The number of likely N-dealkylation sites (tertiary alicyclic amines) is 3. The Hall–Kier alpha value is -6.07. The number of piperidine rings is 3. The van der Waals surface area contributed by atoms with Gasteiger partial charge in [-0.25, -0.2) is 13.9 Å². The second-order valence-corrected chi connectivity index (χ2v) is 23.5. The molecule has 15 nitrogen and oxygen atoms in total. The van der Waals surface area contributed by atoms with Gasteiger partial charge in [-0.3, -0.25) is 33.7 Å². The number of carbonyl (C=O) groups excluding carboxylic acids is 5. The van der Waals surface area contributed by atoms with E-state index in [1.54, 1.807) is 46.2 Å². The molecule has 17 heteroatoms. The van der Waals surface area contributed by atoms with Crippen molar-refractivity contribution in [3.63, 3.8) is 0 Å². The van der Waals surface area contributed by atoms with E-state index in [0.29, 0.717) is 86.4 Å². The Balaban J connectivity index is 0.691. The van der Waals surface area contributed by atoms with Gasteiger partial charge in [0.15, 0.2) is 0 Å². The van der Waals surface area contributed by atoms with Crippen molar-refractivity contribution >= 4 is 40.3 Å². The molecule has 2 saturated carbocycles. The minimum atomic E-state index is -0.755. The van der Waals surface area contributed by atoms with Crippen molar-refractivity contribution in [3.8, 4) is 0 Å². The third-order valence-corrected chi connectivity index (χ3v) is 17.4. The highest BCUT2D eigenvalue weighted by Gasteiger charge is 2.47. The SMILES string of the molecule is CC(C)(C)C(=O)N1CCC[C@@H](c2cccc(C(=O)N[C@@H](C(=O)N3CC4CC[C@@H](C3)C4OC3CCN(CC(=O)N4CCN(C(=O)c5cc(Cc6n[nH]c(=O)c7ccccc67)ccc5F)CC4)CC3)C3CCCCC3)c2F)C1. The molecule has 4 aromatic rings. The fourth-order valence-corrected chi connectivity index (χ4v) is 13.2. The Morgan fingerprint density at radius 3 is 2.13 bits per heavy atom. The number of H-pyrrole nitrogens is 1. The van der Waals surface area contributed by atoms with Crippen LogP contribution in [-0.2, 0) is 25.5 Å². The molecule has 4 aliphatic heterocycles. The van der Waals surface area contributed by atoms with Crippen LogP contribution in [0.4, 0.5) is 8.78 Å². The molecule has 2 unspecified atom stereocenters. The summed E-state index contributed by atoms with van der Waals surface area (Å²) >= 11 is 0. The Labute approximate surface area is 444 Å². The molecular weight excluding hydrogens is 971 g/mol. The molecule has 10 rings (SSSR count). The van der Waals surface area contributed by atoms with Crippen LogP contribution >= 0.6 is 0 Å². The first-order chi connectivity index (χ1) is 36.6. The van der Waals surface area contributed by atoms with Crippen molar-refractivity contribution in [2.24, 2.45) is 23.2 Å². The van der Waals surface area contributed by atoms with Crippen LogP contribution in [0.2, 0.25) is 0 Å². The maximum Gasteiger partial charge on any atom is 0.272 e. The first-order valence-electron chi connectivity index (χ1n) is 28.0. The predicted octanol–water partition coefficient (Wildman–Crippen LogP) is 6.93. The lowest BCUT2D eigenvalue weighted by atomic mass is 9.82. The highest BCUT2D eigenvalue weighted by atomic mass is 19.1. The molecule has 5 amide bonds. The van der Waals surface area contributed by atoms with Gasteiger partial charge in [0, 0.05) is 100 Å². The fraction of sp³-hybridized carbons (Fsp3) is 0.576. The molecule has 6 fully saturated rings. The maximum atomic E-state index is 16.5. The van der Waals surface area contributed by atoms with Crippen LogP contribution in [0.15, 0.2) is 65.5 Å². The molecule has 2 aliphatic carbocycles. The molecule has 2 bridgehead atoms. The number of piperazine rings is 1. The van der Waals surface area contributed by atoms with Gasteiger partial charge < -0.3 is 29.7 Å². The van der Waals surface area contributed by atoms with Crippen LogP contribution in [0.5, 0.6) is 0 Å². The summed E-state index contributed by atoms with van der Waals surface area (Å²) in [6.45, 7) is 10.8.